The summed E-state index contributed by atoms with van der Waals surface area (Å²) in [6, 6.07) is 4.79. The van der Waals surface area contributed by atoms with E-state index in [-0.39, 0.29) is 42.7 Å². The molecule has 0 aliphatic carbocycles. The lowest BCUT2D eigenvalue weighted by Gasteiger charge is -2.35. The molecule has 1 aromatic carbocycles. The molecule has 1 atom stereocenters. The molecule has 3 heterocycles. The number of aryl methyl sites for hydroxylation is 1. The van der Waals surface area contributed by atoms with E-state index in [1.807, 2.05) is 17.8 Å². The second kappa shape index (κ2) is 8.32. The van der Waals surface area contributed by atoms with Gasteiger partial charge in [-0.25, -0.2) is 4.98 Å². The smallest absolute Gasteiger partial charge is 0.261 e. The lowest BCUT2D eigenvalue weighted by atomic mass is 10.1. The number of hydrogen-bond acceptors (Lipinski definition) is 6. The van der Waals surface area contributed by atoms with Gasteiger partial charge in [-0.05, 0) is 18.2 Å². The Kier molecular flexibility index (Phi) is 6.02. The summed E-state index contributed by atoms with van der Waals surface area (Å²) in [6.07, 6.45) is 3.64. The highest BCUT2D eigenvalue weighted by atomic mass is 35.5. The largest absolute Gasteiger partial charge is 0.337 e. The van der Waals surface area contributed by atoms with Crippen molar-refractivity contribution in [3.8, 4) is 0 Å². The predicted molar refractivity (Wildman–Crippen MR) is 109 cm³/mol. The van der Waals surface area contributed by atoms with Gasteiger partial charge in [0.25, 0.3) is 11.8 Å². The third-order valence-electron chi connectivity index (χ3n) is 5.23. The number of nitrogens with zero attached hydrogens (tertiary/aromatic N) is 4. The second-order valence-corrected chi connectivity index (χ2v) is 7.06. The topological polar surface area (TPSA) is 99.6 Å². The molecule has 0 radical (unpaired) electrons. The normalized spacial score (nSPS) is 19.1. The minimum Gasteiger partial charge on any atom is -0.337 e. The second-order valence-electron chi connectivity index (χ2n) is 7.06. The molecule has 4 rings (SSSR count). The summed E-state index contributed by atoms with van der Waals surface area (Å²) in [4.78, 5) is 44.3. The molecule has 1 unspecified atom stereocenters. The van der Waals surface area contributed by atoms with E-state index < -0.39 is 0 Å². The van der Waals surface area contributed by atoms with Gasteiger partial charge >= 0.3 is 0 Å². The predicted octanol–water partition coefficient (Wildman–Crippen LogP) is 0.653. The van der Waals surface area contributed by atoms with E-state index in [4.69, 9.17) is 0 Å². The van der Waals surface area contributed by atoms with Crippen molar-refractivity contribution in [1.29, 1.82) is 0 Å². The highest BCUT2D eigenvalue weighted by Gasteiger charge is 2.33. The Morgan fingerprint density at radius 1 is 1.24 bits per heavy atom. The van der Waals surface area contributed by atoms with Gasteiger partial charge in [0.15, 0.2) is 0 Å². The van der Waals surface area contributed by atoms with Crippen molar-refractivity contribution in [2.75, 3.05) is 38.5 Å². The number of amides is 3. The molecule has 2 aliphatic rings. The van der Waals surface area contributed by atoms with Crippen LogP contribution in [0, 0.1) is 0 Å². The number of benzene rings is 1. The minimum absolute atomic E-state index is 0. The standard InChI is InChI=1S/C19H22N6O3.ClH/c1-23-7-6-21-17(23)15-10-20-5-8-25(15)11-16(26)22-12-3-4-13-14(9-12)19(28)24(2)18(13)27;/h3-4,6-7,9,15,20H,5,8,10-11H2,1-2H3,(H,22,26);1H. The number of rotatable bonds is 4. The Labute approximate surface area is 174 Å². The van der Waals surface area contributed by atoms with Crippen LogP contribution in [0.25, 0.3) is 0 Å². The van der Waals surface area contributed by atoms with Crippen molar-refractivity contribution in [1.82, 2.24) is 24.7 Å². The summed E-state index contributed by atoms with van der Waals surface area (Å²) in [5.74, 6) is 0.0560. The summed E-state index contributed by atoms with van der Waals surface area (Å²) >= 11 is 0. The van der Waals surface area contributed by atoms with Gasteiger partial charge in [-0.3, -0.25) is 24.2 Å². The van der Waals surface area contributed by atoms with Crippen LogP contribution in [0.15, 0.2) is 30.6 Å². The van der Waals surface area contributed by atoms with Crippen LogP contribution in [0.1, 0.15) is 32.6 Å². The Morgan fingerprint density at radius 3 is 2.72 bits per heavy atom. The lowest BCUT2D eigenvalue weighted by molar-refractivity contribution is -0.118. The van der Waals surface area contributed by atoms with Gasteiger partial charge in [0.05, 0.1) is 23.7 Å². The number of fused-ring (bicyclic) bond motifs is 1. The van der Waals surface area contributed by atoms with Crippen molar-refractivity contribution >= 4 is 35.8 Å². The molecule has 2 aromatic rings. The third kappa shape index (κ3) is 3.89. The molecule has 10 heteroatoms. The molecule has 0 saturated carbocycles. The molecule has 1 saturated heterocycles. The molecule has 1 aromatic heterocycles. The fraction of sp³-hybridized carbons (Fsp3) is 0.368. The third-order valence-corrected chi connectivity index (χ3v) is 5.23. The van der Waals surface area contributed by atoms with Crippen LogP contribution >= 0.6 is 12.4 Å². The number of imidazole rings is 1. The number of nitrogens with one attached hydrogen (secondary N) is 2. The zero-order valence-electron chi connectivity index (χ0n) is 16.2. The van der Waals surface area contributed by atoms with Gasteiger partial charge in [0.1, 0.15) is 5.82 Å². The van der Waals surface area contributed by atoms with E-state index in [9.17, 15) is 14.4 Å². The summed E-state index contributed by atoms with van der Waals surface area (Å²) in [5.41, 5.74) is 1.18. The molecule has 1 fully saturated rings. The van der Waals surface area contributed by atoms with E-state index in [1.165, 1.54) is 7.05 Å². The van der Waals surface area contributed by atoms with E-state index >= 15 is 0 Å². The summed E-state index contributed by atoms with van der Waals surface area (Å²) in [7, 11) is 3.39. The number of carbonyl (C=O) groups excluding carboxylic acids is 3. The number of halogens is 1. The number of piperazine rings is 1. The zero-order chi connectivity index (χ0) is 19.8. The molecule has 29 heavy (non-hydrogen) atoms. The maximum absolute atomic E-state index is 12.6. The van der Waals surface area contributed by atoms with Crippen molar-refractivity contribution in [2.24, 2.45) is 7.05 Å². The average Bonchev–Trinajstić information content (AvgIpc) is 3.20. The fourth-order valence-electron chi connectivity index (χ4n) is 3.71. The number of aromatic nitrogens is 2. The van der Waals surface area contributed by atoms with Crippen LogP contribution in [0.2, 0.25) is 0 Å². The molecule has 3 amide bonds. The molecule has 2 N–H and O–H groups in total. The lowest BCUT2D eigenvalue weighted by Crippen LogP contribution is -2.49. The number of carbonyl (C=O) groups is 3. The number of imide groups is 1. The summed E-state index contributed by atoms with van der Waals surface area (Å²) < 4.78 is 1.96. The van der Waals surface area contributed by atoms with E-state index in [2.05, 4.69) is 20.5 Å². The van der Waals surface area contributed by atoms with Crippen molar-refractivity contribution in [3.05, 3.63) is 47.5 Å². The number of anilines is 1. The maximum atomic E-state index is 12.6. The molecule has 154 valence electrons. The number of hydrogen-bond donors (Lipinski definition) is 2. The molecule has 0 spiro atoms. The van der Waals surface area contributed by atoms with Crippen LogP contribution in [-0.4, -0.2) is 70.3 Å². The van der Waals surface area contributed by atoms with Gasteiger partial charge in [0.2, 0.25) is 5.91 Å². The SMILES string of the molecule is CN1C(=O)c2ccc(NC(=O)CN3CCNCC3c3nccn3C)cc2C1=O.Cl. The quantitative estimate of drug-likeness (QED) is 0.707. The van der Waals surface area contributed by atoms with E-state index in [0.29, 0.717) is 16.8 Å². The van der Waals surface area contributed by atoms with Gasteiger partial charge in [0, 0.05) is 51.8 Å². The first kappa shape index (κ1) is 21.0. The highest BCUT2D eigenvalue weighted by molar-refractivity contribution is 6.21. The van der Waals surface area contributed by atoms with Crippen molar-refractivity contribution in [3.63, 3.8) is 0 Å². The highest BCUT2D eigenvalue weighted by Crippen LogP contribution is 2.25. The van der Waals surface area contributed by atoms with E-state index in [1.54, 1.807) is 24.4 Å². The first-order chi connectivity index (χ1) is 13.5. The van der Waals surface area contributed by atoms with Crippen molar-refractivity contribution < 1.29 is 14.4 Å². The minimum atomic E-state index is -0.354. The van der Waals surface area contributed by atoms with Gasteiger partial charge < -0.3 is 15.2 Å². The molecular formula is C19H23ClN6O3. The first-order valence-electron chi connectivity index (χ1n) is 9.14. The van der Waals surface area contributed by atoms with Crippen LogP contribution in [0.3, 0.4) is 0 Å². The Balaban J connectivity index is 0.00000240. The monoisotopic (exact) mass is 418 g/mol. The van der Waals surface area contributed by atoms with Gasteiger partial charge in [-0.15, -0.1) is 12.4 Å². The van der Waals surface area contributed by atoms with Crippen LogP contribution in [0.5, 0.6) is 0 Å². The zero-order valence-corrected chi connectivity index (χ0v) is 17.0. The Morgan fingerprint density at radius 2 is 2.00 bits per heavy atom. The van der Waals surface area contributed by atoms with Crippen LogP contribution < -0.4 is 10.6 Å². The summed E-state index contributed by atoms with van der Waals surface area (Å²) in [5, 5.41) is 6.18. The van der Waals surface area contributed by atoms with Crippen LogP contribution in [0.4, 0.5) is 5.69 Å². The average molecular weight is 419 g/mol. The summed E-state index contributed by atoms with van der Waals surface area (Å²) in [6.45, 7) is 2.46. The molecular weight excluding hydrogens is 396 g/mol. The molecule has 9 nitrogen and oxygen atoms in total. The van der Waals surface area contributed by atoms with Gasteiger partial charge in [-0.2, -0.15) is 0 Å². The Bertz CT molecular complexity index is 959. The Hall–Kier alpha value is -2.75. The molecule has 0 bridgehead atoms. The maximum Gasteiger partial charge on any atom is 0.261 e. The fourth-order valence-corrected chi connectivity index (χ4v) is 3.71. The van der Waals surface area contributed by atoms with Crippen LogP contribution in [-0.2, 0) is 11.8 Å². The van der Waals surface area contributed by atoms with Gasteiger partial charge in [-0.1, -0.05) is 0 Å². The first-order valence-corrected chi connectivity index (χ1v) is 9.14. The van der Waals surface area contributed by atoms with Crippen molar-refractivity contribution in [2.45, 2.75) is 6.04 Å². The molecule has 2 aliphatic heterocycles. The van der Waals surface area contributed by atoms with E-state index in [0.717, 1.165) is 30.4 Å².